The van der Waals surface area contributed by atoms with Gasteiger partial charge in [0.15, 0.2) is 0 Å². The van der Waals surface area contributed by atoms with E-state index in [1.165, 1.54) is 11.0 Å². The van der Waals surface area contributed by atoms with Gasteiger partial charge < -0.3 is 19.5 Å². The number of nitrogens with zero attached hydrogens (tertiary/aromatic N) is 2. The standard InChI is InChI=1S/C16H22FN3O4/c1-11(21)18-9-13-10-20(16(22)24-13)12-2-3-15(14(17)8-12)19-4-6-23-7-5-19/h2-3,8,11,13,18,21H,4-7,9-10H2,1H3/t11?,13-/m0/s1. The largest absolute Gasteiger partial charge is 0.443 e. The van der Waals surface area contributed by atoms with Crippen molar-refractivity contribution in [1.82, 2.24) is 5.32 Å². The third-order valence-corrected chi connectivity index (χ3v) is 4.11. The molecule has 1 unspecified atom stereocenters. The number of morpholine rings is 1. The number of carbonyl (C=O) groups is 1. The van der Waals surface area contributed by atoms with Crippen LogP contribution in [0.15, 0.2) is 18.2 Å². The molecule has 2 fully saturated rings. The molecule has 1 aromatic rings. The van der Waals surface area contributed by atoms with Crippen molar-refractivity contribution in [3.63, 3.8) is 0 Å². The number of halogens is 1. The molecule has 0 bridgehead atoms. The lowest BCUT2D eigenvalue weighted by atomic mass is 10.2. The molecule has 1 aromatic carbocycles. The van der Waals surface area contributed by atoms with Gasteiger partial charge in [-0.1, -0.05) is 0 Å². The summed E-state index contributed by atoms with van der Waals surface area (Å²) < 4.78 is 25.0. The maximum Gasteiger partial charge on any atom is 0.414 e. The molecule has 2 heterocycles. The number of aliphatic hydroxyl groups excluding tert-OH is 1. The second-order valence-corrected chi connectivity index (χ2v) is 5.94. The maximum absolute atomic E-state index is 14.5. The number of aliphatic hydroxyl groups is 1. The lowest BCUT2D eigenvalue weighted by Crippen LogP contribution is -2.37. The maximum atomic E-state index is 14.5. The van der Waals surface area contributed by atoms with Crippen LogP contribution in [0.3, 0.4) is 0 Å². The highest BCUT2D eigenvalue weighted by molar-refractivity contribution is 5.90. The number of carbonyl (C=O) groups excluding carboxylic acids is 1. The van der Waals surface area contributed by atoms with Crippen LogP contribution >= 0.6 is 0 Å². The molecule has 8 heteroatoms. The smallest absolute Gasteiger partial charge is 0.414 e. The van der Waals surface area contributed by atoms with Gasteiger partial charge in [-0.3, -0.25) is 10.2 Å². The lowest BCUT2D eigenvalue weighted by molar-refractivity contribution is 0.110. The number of ether oxygens (including phenoxy) is 2. The fourth-order valence-corrected chi connectivity index (χ4v) is 2.87. The average Bonchev–Trinajstić information content (AvgIpc) is 2.94. The fraction of sp³-hybridized carbons (Fsp3) is 0.562. The molecular weight excluding hydrogens is 317 g/mol. The summed E-state index contributed by atoms with van der Waals surface area (Å²) in [5, 5.41) is 12.0. The molecule has 0 spiro atoms. The van der Waals surface area contributed by atoms with Crippen LogP contribution in [-0.2, 0) is 9.47 Å². The van der Waals surface area contributed by atoms with Crippen LogP contribution in [0.2, 0.25) is 0 Å². The Hall–Kier alpha value is -1.90. The minimum Gasteiger partial charge on any atom is -0.443 e. The first-order valence-corrected chi connectivity index (χ1v) is 8.06. The summed E-state index contributed by atoms with van der Waals surface area (Å²) in [4.78, 5) is 15.3. The summed E-state index contributed by atoms with van der Waals surface area (Å²) in [5.41, 5.74) is 0.982. The van der Waals surface area contributed by atoms with E-state index in [0.717, 1.165) is 0 Å². The van der Waals surface area contributed by atoms with Crippen molar-refractivity contribution in [2.45, 2.75) is 19.3 Å². The topological polar surface area (TPSA) is 74.3 Å². The highest BCUT2D eigenvalue weighted by Crippen LogP contribution is 2.28. The van der Waals surface area contributed by atoms with E-state index in [4.69, 9.17) is 9.47 Å². The molecular formula is C16H22FN3O4. The van der Waals surface area contributed by atoms with Gasteiger partial charge in [0.25, 0.3) is 0 Å². The van der Waals surface area contributed by atoms with E-state index >= 15 is 0 Å². The molecule has 1 amide bonds. The van der Waals surface area contributed by atoms with E-state index in [0.29, 0.717) is 50.8 Å². The molecule has 132 valence electrons. The number of hydrogen-bond donors (Lipinski definition) is 2. The third-order valence-electron chi connectivity index (χ3n) is 4.11. The van der Waals surface area contributed by atoms with E-state index in [-0.39, 0.29) is 11.9 Å². The van der Waals surface area contributed by atoms with Crippen molar-refractivity contribution >= 4 is 17.5 Å². The Morgan fingerprint density at radius 3 is 2.83 bits per heavy atom. The molecule has 24 heavy (non-hydrogen) atoms. The van der Waals surface area contributed by atoms with Crippen LogP contribution in [0.25, 0.3) is 0 Å². The predicted octanol–water partition coefficient (Wildman–Crippen LogP) is 0.915. The monoisotopic (exact) mass is 339 g/mol. The minimum absolute atomic E-state index is 0.314. The van der Waals surface area contributed by atoms with Gasteiger partial charge in [-0.25, -0.2) is 9.18 Å². The Kier molecular flexibility index (Phi) is 5.17. The molecule has 7 nitrogen and oxygen atoms in total. The Morgan fingerprint density at radius 2 is 2.17 bits per heavy atom. The number of amides is 1. The molecule has 3 rings (SSSR count). The summed E-state index contributed by atoms with van der Waals surface area (Å²) in [5.74, 6) is -0.368. The quantitative estimate of drug-likeness (QED) is 0.777. The number of nitrogens with one attached hydrogen (secondary N) is 1. The van der Waals surface area contributed by atoms with E-state index in [1.54, 1.807) is 19.1 Å². The van der Waals surface area contributed by atoms with Gasteiger partial charge in [-0.05, 0) is 25.1 Å². The van der Waals surface area contributed by atoms with E-state index in [9.17, 15) is 14.3 Å². The first kappa shape index (κ1) is 16.9. The van der Waals surface area contributed by atoms with Crippen LogP contribution in [0.5, 0.6) is 0 Å². The Balaban J connectivity index is 1.68. The first-order valence-electron chi connectivity index (χ1n) is 8.06. The minimum atomic E-state index is -0.678. The van der Waals surface area contributed by atoms with E-state index in [2.05, 4.69) is 5.32 Å². The van der Waals surface area contributed by atoms with Crippen molar-refractivity contribution in [1.29, 1.82) is 0 Å². The highest BCUT2D eigenvalue weighted by atomic mass is 19.1. The van der Waals surface area contributed by atoms with Crippen LogP contribution in [-0.4, -0.2) is 62.9 Å². The Labute approximate surface area is 139 Å². The first-order chi connectivity index (χ1) is 11.5. The van der Waals surface area contributed by atoms with Crippen molar-refractivity contribution < 1.29 is 23.8 Å². The molecule has 0 aliphatic carbocycles. The van der Waals surface area contributed by atoms with Crippen LogP contribution < -0.4 is 15.1 Å². The summed E-state index contributed by atoms with van der Waals surface area (Å²) in [6.07, 6.45) is -1.57. The summed E-state index contributed by atoms with van der Waals surface area (Å²) in [6, 6.07) is 4.76. The molecule has 0 saturated carbocycles. The van der Waals surface area contributed by atoms with Crippen molar-refractivity contribution in [2.75, 3.05) is 49.2 Å². The molecule has 0 aromatic heterocycles. The Bertz CT molecular complexity index is 593. The third kappa shape index (κ3) is 3.77. The Morgan fingerprint density at radius 1 is 1.42 bits per heavy atom. The summed E-state index contributed by atoms with van der Waals surface area (Å²) >= 11 is 0. The SMILES string of the molecule is CC(O)NC[C@H]1CN(c2ccc(N3CCOCC3)c(F)c2)C(=O)O1. The average molecular weight is 339 g/mol. The molecule has 2 aliphatic heterocycles. The zero-order chi connectivity index (χ0) is 17.1. The van der Waals surface area contributed by atoms with Crippen LogP contribution in [0, 0.1) is 5.82 Å². The number of benzene rings is 1. The highest BCUT2D eigenvalue weighted by Gasteiger charge is 2.32. The number of hydrogen-bond acceptors (Lipinski definition) is 6. The van der Waals surface area contributed by atoms with E-state index in [1.807, 2.05) is 4.90 Å². The molecule has 2 N–H and O–H groups in total. The van der Waals surface area contributed by atoms with Crippen molar-refractivity contribution in [2.24, 2.45) is 0 Å². The normalized spacial score (nSPS) is 22.6. The molecule has 2 atom stereocenters. The van der Waals surface area contributed by atoms with Crippen LogP contribution in [0.4, 0.5) is 20.6 Å². The number of anilines is 2. The van der Waals surface area contributed by atoms with Gasteiger partial charge in [0.1, 0.15) is 18.1 Å². The number of rotatable bonds is 5. The summed E-state index contributed by atoms with van der Waals surface area (Å²) in [7, 11) is 0. The number of cyclic esters (lactones) is 1. The van der Waals surface area contributed by atoms with Gasteiger partial charge in [0.05, 0.1) is 31.1 Å². The van der Waals surface area contributed by atoms with Gasteiger partial charge in [-0.2, -0.15) is 0 Å². The molecule has 0 radical (unpaired) electrons. The lowest BCUT2D eigenvalue weighted by Gasteiger charge is -2.29. The van der Waals surface area contributed by atoms with Gasteiger partial charge in [0.2, 0.25) is 0 Å². The molecule has 2 aliphatic rings. The zero-order valence-electron chi connectivity index (χ0n) is 13.6. The fourth-order valence-electron chi connectivity index (χ4n) is 2.87. The van der Waals surface area contributed by atoms with Gasteiger partial charge in [-0.15, -0.1) is 0 Å². The molecule has 2 saturated heterocycles. The zero-order valence-corrected chi connectivity index (χ0v) is 13.6. The van der Waals surface area contributed by atoms with Crippen molar-refractivity contribution in [3.8, 4) is 0 Å². The predicted molar refractivity (Wildman–Crippen MR) is 86.7 cm³/mol. The van der Waals surface area contributed by atoms with Crippen molar-refractivity contribution in [3.05, 3.63) is 24.0 Å². The second-order valence-electron chi connectivity index (χ2n) is 5.94. The van der Waals surface area contributed by atoms with Crippen LogP contribution in [0.1, 0.15) is 6.92 Å². The second kappa shape index (κ2) is 7.33. The van der Waals surface area contributed by atoms with Gasteiger partial charge in [0, 0.05) is 19.6 Å². The van der Waals surface area contributed by atoms with E-state index < -0.39 is 12.3 Å². The van der Waals surface area contributed by atoms with Gasteiger partial charge >= 0.3 is 6.09 Å². The summed E-state index contributed by atoms with van der Waals surface area (Å²) in [6.45, 7) is 4.71.